The van der Waals surface area contributed by atoms with Gasteiger partial charge in [0.15, 0.2) is 11.6 Å². The van der Waals surface area contributed by atoms with Crippen molar-refractivity contribution in [2.24, 2.45) is 5.92 Å². The molecule has 6 heteroatoms. The minimum Gasteiger partial charge on any atom is -0.422 e. The van der Waals surface area contributed by atoms with Gasteiger partial charge in [0.2, 0.25) is 5.82 Å². The molecule has 1 unspecified atom stereocenters. The SMILES string of the molecule is CC(C)C(=O)Oc1c(F)c(F)cc(F)c1P. The molecule has 0 aliphatic carbocycles. The van der Waals surface area contributed by atoms with Crippen molar-refractivity contribution in [2.75, 3.05) is 0 Å². The number of halogens is 3. The number of esters is 1. The lowest BCUT2D eigenvalue weighted by molar-refractivity contribution is -0.137. The van der Waals surface area contributed by atoms with E-state index >= 15 is 0 Å². The number of ether oxygens (including phenoxy) is 1. The molecule has 0 radical (unpaired) electrons. The first-order chi connectivity index (χ1) is 7.34. The number of benzene rings is 1. The van der Waals surface area contributed by atoms with E-state index in [1.54, 1.807) is 0 Å². The maximum atomic E-state index is 13.2. The minimum atomic E-state index is -1.39. The van der Waals surface area contributed by atoms with Gasteiger partial charge in [-0.1, -0.05) is 23.1 Å². The topological polar surface area (TPSA) is 26.3 Å². The van der Waals surface area contributed by atoms with Crippen molar-refractivity contribution in [2.45, 2.75) is 13.8 Å². The third-order valence-electron chi connectivity index (χ3n) is 1.84. The Kier molecular flexibility index (Phi) is 3.92. The van der Waals surface area contributed by atoms with Crippen LogP contribution in [0.5, 0.6) is 5.75 Å². The van der Waals surface area contributed by atoms with Gasteiger partial charge in [-0.2, -0.15) is 4.39 Å². The smallest absolute Gasteiger partial charge is 0.313 e. The predicted molar refractivity (Wildman–Crippen MR) is 56.1 cm³/mol. The van der Waals surface area contributed by atoms with E-state index in [1.807, 2.05) is 9.24 Å². The van der Waals surface area contributed by atoms with Gasteiger partial charge < -0.3 is 4.74 Å². The highest BCUT2D eigenvalue weighted by Gasteiger charge is 2.21. The molecule has 0 amide bonds. The van der Waals surface area contributed by atoms with Crippen molar-refractivity contribution in [3.05, 3.63) is 23.5 Å². The van der Waals surface area contributed by atoms with Crippen LogP contribution in [0.1, 0.15) is 13.8 Å². The number of hydrogen-bond donors (Lipinski definition) is 0. The summed E-state index contributed by atoms with van der Waals surface area (Å²) in [6.45, 7) is 3.05. The summed E-state index contributed by atoms with van der Waals surface area (Å²) in [7, 11) is 1.86. The van der Waals surface area contributed by atoms with Gasteiger partial charge in [-0.05, 0) is 0 Å². The van der Waals surface area contributed by atoms with Crippen LogP contribution in [0.15, 0.2) is 6.07 Å². The van der Waals surface area contributed by atoms with E-state index in [1.165, 1.54) is 13.8 Å². The largest absolute Gasteiger partial charge is 0.422 e. The van der Waals surface area contributed by atoms with Crippen molar-refractivity contribution in [1.82, 2.24) is 0 Å². The van der Waals surface area contributed by atoms with Gasteiger partial charge >= 0.3 is 5.97 Å². The molecule has 0 spiro atoms. The maximum Gasteiger partial charge on any atom is 0.313 e. The zero-order valence-electron chi connectivity index (χ0n) is 8.68. The van der Waals surface area contributed by atoms with Gasteiger partial charge in [0.05, 0.1) is 11.2 Å². The Balaban J connectivity index is 3.18. The van der Waals surface area contributed by atoms with Crippen LogP contribution in [0.3, 0.4) is 0 Å². The van der Waals surface area contributed by atoms with Gasteiger partial charge in [0, 0.05) is 6.07 Å². The molecule has 2 nitrogen and oxygen atoms in total. The molecule has 0 aromatic heterocycles. The predicted octanol–water partition coefficient (Wildman–Crippen LogP) is 2.17. The molecule has 0 N–H and O–H groups in total. The monoisotopic (exact) mass is 250 g/mol. The molecule has 0 fully saturated rings. The molecule has 0 aliphatic rings. The first-order valence-corrected chi connectivity index (χ1v) is 5.07. The summed E-state index contributed by atoms with van der Waals surface area (Å²) < 4.78 is 43.7. The average Bonchev–Trinajstić information content (AvgIpc) is 2.21. The third-order valence-corrected chi connectivity index (χ3v) is 2.38. The summed E-state index contributed by atoms with van der Waals surface area (Å²) in [6, 6.07) is 0.393. The van der Waals surface area contributed by atoms with E-state index in [-0.39, 0.29) is 5.30 Å². The lowest BCUT2D eigenvalue weighted by atomic mass is 10.2. The fourth-order valence-electron chi connectivity index (χ4n) is 0.906. The standard InChI is InChI=1S/C10H10F3O2P/c1-4(2)10(14)15-8-7(13)5(11)3-6(12)9(8)16/h3-4H,16H2,1-2H3. The van der Waals surface area contributed by atoms with Gasteiger partial charge in [-0.25, -0.2) is 8.78 Å². The Bertz CT molecular complexity index is 406. The Hall–Kier alpha value is -1.09. The fraction of sp³-hybridized carbons (Fsp3) is 0.300. The van der Waals surface area contributed by atoms with Crippen LogP contribution >= 0.6 is 9.24 Å². The van der Waals surface area contributed by atoms with Crippen LogP contribution in [0.25, 0.3) is 0 Å². The molecular formula is C10H10F3O2P. The van der Waals surface area contributed by atoms with Crippen molar-refractivity contribution >= 4 is 20.5 Å². The van der Waals surface area contributed by atoms with E-state index in [4.69, 9.17) is 0 Å². The average molecular weight is 250 g/mol. The van der Waals surface area contributed by atoms with Crippen molar-refractivity contribution in [3.8, 4) is 5.75 Å². The second-order valence-electron chi connectivity index (χ2n) is 3.47. The lowest BCUT2D eigenvalue weighted by Crippen LogP contribution is -2.20. The second kappa shape index (κ2) is 4.83. The van der Waals surface area contributed by atoms with Crippen LogP contribution in [0.2, 0.25) is 0 Å². The number of hydrogen-bond acceptors (Lipinski definition) is 2. The van der Waals surface area contributed by atoms with E-state index in [0.29, 0.717) is 6.07 Å². The Morgan fingerprint density at radius 2 is 1.88 bits per heavy atom. The van der Waals surface area contributed by atoms with Gasteiger partial charge in [-0.15, -0.1) is 0 Å². The summed E-state index contributed by atoms with van der Waals surface area (Å²) in [5.41, 5.74) is 0. The maximum absolute atomic E-state index is 13.2. The van der Waals surface area contributed by atoms with Crippen LogP contribution < -0.4 is 10.0 Å². The van der Waals surface area contributed by atoms with Crippen molar-refractivity contribution in [3.63, 3.8) is 0 Å². The first-order valence-electron chi connectivity index (χ1n) is 4.49. The molecule has 1 rings (SSSR count). The highest BCUT2D eigenvalue weighted by molar-refractivity contribution is 7.27. The lowest BCUT2D eigenvalue weighted by Gasteiger charge is -2.11. The first kappa shape index (κ1) is 13.0. The Labute approximate surface area is 93.0 Å². The molecule has 0 aliphatic heterocycles. The third kappa shape index (κ3) is 2.53. The second-order valence-corrected chi connectivity index (χ2v) is 4.05. The molecule has 88 valence electrons. The zero-order chi connectivity index (χ0) is 12.5. The Morgan fingerprint density at radius 1 is 1.31 bits per heavy atom. The van der Waals surface area contributed by atoms with Crippen molar-refractivity contribution in [1.29, 1.82) is 0 Å². The van der Waals surface area contributed by atoms with Crippen LogP contribution in [0.4, 0.5) is 13.2 Å². The molecule has 0 saturated heterocycles. The molecule has 1 aromatic carbocycles. The molecule has 0 saturated carbocycles. The van der Waals surface area contributed by atoms with Crippen LogP contribution in [-0.4, -0.2) is 5.97 Å². The number of rotatable bonds is 2. The molecule has 16 heavy (non-hydrogen) atoms. The van der Waals surface area contributed by atoms with Crippen LogP contribution in [0, 0.1) is 23.4 Å². The van der Waals surface area contributed by atoms with Gasteiger partial charge in [0.25, 0.3) is 0 Å². The van der Waals surface area contributed by atoms with E-state index in [2.05, 4.69) is 4.74 Å². The minimum absolute atomic E-state index is 0.312. The molecule has 1 atom stereocenters. The van der Waals surface area contributed by atoms with Gasteiger partial charge in [0.1, 0.15) is 5.82 Å². The van der Waals surface area contributed by atoms with Gasteiger partial charge in [-0.3, -0.25) is 4.79 Å². The summed E-state index contributed by atoms with van der Waals surface area (Å²) in [4.78, 5) is 11.2. The molecule has 0 heterocycles. The van der Waals surface area contributed by atoms with Crippen LogP contribution in [-0.2, 0) is 4.79 Å². The molecule has 0 bridgehead atoms. The summed E-state index contributed by atoms with van der Waals surface area (Å²) in [6.07, 6.45) is 0. The highest BCUT2D eigenvalue weighted by atomic mass is 31.0. The van der Waals surface area contributed by atoms with Crippen molar-refractivity contribution < 1.29 is 22.7 Å². The number of carbonyl (C=O) groups is 1. The van der Waals surface area contributed by atoms with E-state index < -0.39 is 35.1 Å². The zero-order valence-corrected chi connectivity index (χ0v) is 9.84. The van der Waals surface area contributed by atoms with E-state index in [0.717, 1.165) is 0 Å². The summed E-state index contributed by atoms with van der Waals surface area (Å²) in [5.74, 6) is -5.75. The van der Waals surface area contributed by atoms with E-state index in [9.17, 15) is 18.0 Å². The quantitative estimate of drug-likeness (QED) is 0.348. The summed E-state index contributed by atoms with van der Waals surface area (Å²) >= 11 is 0. The Morgan fingerprint density at radius 3 is 2.38 bits per heavy atom. The summed E-state index contributed by atoms with van der Waals surface area (Å²) in [5, 5.41) is -0.312. The fourth-order valence-corrected chi connectivity index (χ4v) is 1.17. The highest BCUT2D eigenvalue weighted by Crippen LogP contribution is 2.22. The molecular weight excluding hydrogens is 240 g/mol. The normalized spacial score (nSPS) is 10.7. The molecule has 1 aromatic rings. The number of carbonyl (C=O) groups excluding carboxylic acids is 1.